The van der Waals surface area contributed by atoms with Crippen LogP contribution in [0, 0.1) is 5.92 Å². The molecule has 0 rings (SSSR count). The third kappa shape index (κ3) is 4.23. The molecule has 0 heteroatoms. The predicted octanol–water partition coefficient (Wildman–Crippen LogP) is 4.17. The number of hydrogen-bond donors (Lipinski definition) is 0. The van der Waals surface area contributed by atoms with Crippen LogP contribution in [0.15, 0.2) is 11.6 Å². The molecule has 0 spiro atoms. The van der Waals surface area contributed by atoms with Crippen molar-refractivity contribution in [3.63, 3.8) is 0 Å². The van der Waals surface area contributed by atoms with Gasteiger partial charge in [0.05, 0.1) is 0 Å². The zero-order valence-electron chi connectivity index (χ0n) is 8.48. The fraction of sp³-hybridized carbons (Fsp3) is 0.818. The molecule has 0 nitrogen and oxygen atoms in total. The quantitative estimate of drug-likeness (QED) is 0.521. The van der Waals surface area contributed by atoms with E-state index in [-0.39, 0.29) is 0 Å². The molecule has 0 saturated carbocycles. The minimum absolute atomic E-state index is 0.798. The lowest BCUT2D eigenvalue weighted by Crippen LogP contribution is -1.96. The van der Waals surface area contributed by atoms with E-state index in [2.05, 4.69) is 33.8 Å². The van der Waals surface area contributed by atoms with Crippen LogP contribution < -0.4 is 0 Å². The first-order valence-corrected chi connectivity index (χ1v) is 4.95. The molecule has 1 unspecified atom stereocenters. The van der Waals surface area contributed by atoms with Crippen LogP contribution >= 0.6 is 0 Å². The van der Waals surface area contributed by atoms with Crippen LogP contribution in [0.1, 0.15) is 53.4 Å². The lowest BCUT2D eigenvalue weighted by Gasteiger charge is -2.11. The van der Waals surface area contributed by atoms with Crippen molar-refractivity contribution in [1.29, 1.82) is 0 Å². The summed E-state index contributed by atoms with van der Waals surface area (Å²) in [6.45, 7) is 9.08. The standard InChI is InChI=1S/C11H22/c1-5-8-9-11(7-3)10(4)6-2/h9-10H,5-8H2,1-4H3. The Morgan fingerprint density at radius 2 is 1.91 bits per heavy atom. The van der Waals surface area contributed by atoms with Crippen LogP contribution in [-0.2, 0) is 0 Å². The Labute approximate surface area is 71.7 Å². The highest BCUT2D eigenvalue weighted by Crippen LogP contribution is 2.18. The van der Waals surface area contributed by atoms with Gasteiger partial charge >= 0.3 is 0 Å². The minimum Gasteiger partial charge on any atom is -0.0851 e. The molecular weight excluding hydrogens is 132 g/mol. The Balaban J connectivity index is 3.91. The monoisotopic (exact) mass is 154 g/mol. The second kappa shape index (κ2) is 6.45. The first-order valence-electron chi connectivity index (χ1n) is 4.95. The Hall–Kier alpha value is -0.260. The van der Waals surface area contributed by atoms with Crippen molar-refractivity contribution in [2.45, 2.75) is 53.4 Å². The van der Waals surface area contributed by atoms with E-state index >= 15 is 0 Å². The van der Waals surface area contributed by atoms with Gasteiger partial charge in [-0.2, -0.15) is 0 Å². The van der Waals surface area contributed by atoms with Gasteiger partial charge in [0.15, 0.2) is 0 Å². The van der Waals surface area contributed by atoms with E-state index in [4.69, 9.17) is 0 Å². The van der Waals surface area contributed by atoms with Crippen molar-refractivity contribution in [2.75, 3.05) is 0 Å². The van der Waals surface area contributed by atoms with Gasteiger partial charge in [0.25, 0.3) is 0 Å². The maximum absolute atomic E-state index is 2.42. The van der Waals surface area contributed by atoms with Gasteiger partial charge in [0, 0.05) is 0 Å². The van der Waals surface area contributed by atoms with Gasteiger partial charge < -0.3 is 0 Å². The number of allylic oxidation sites excluding steroid dienone is 2. The van der Waals surface area contributed by atoms with Crippen molar-refractivity contribution in [2.24, 2.45) is 5.92 Å². The molecule has 0 N–H and O–H groups in total. The molecule has 0 heterocycles. The smallest absolute Gasteiger partial charge is 0.0234 e. The zero-order chi connectivity index (χ0) is 8.69. The van der Waals surface area contributed by atoms with Gasteiger partial charge in [-0.3, -0.25) is 0 Å². The molecule has 0 saturated heterocycles. The van der Waals surface area contributed by atoms with Crippen LogP contribution in [0.3, 0.4) is 0 Å². The van der Waals surface area contributed by atoms with Crippen molar-refractivity contribution < 1.29 is 0 Å². The Kier molecular flexibility index (Phi) is 6.30. The van der Waals surface area contributed by atoms with Gasteiger partial charge in [-0.25, -0.2) is 0 Å². The van der Waals surface area contributed by atoms with E-state index in [1.165, 1.54) is 25.7 Å². The van der Waals surface area contributed by atoms with Crippen molar-refractivity contribution in [1.82, 2.24) is 0 Å². The fourth-order valence-corrected chi connectivity index (χ4v) is 1.29. The molecule has 0 fully saturated rings. The molecular formula is C11H22. The lowest BCUT2D eigenvalue weighted by molar-refractivity contribution is 0.628. The van der Waals surface area contributed by atoms with E-state index in [1.807, 2.05) is 0 Å². The normalized spacial score (nSPS) is 15.1. The Morgan fingerprint density at radius 1 is 1.27 bits per heavy atom. The molecule has 66 valence electrons. The van der Waals surface area contributed by atoms with Crippen molar-refractivity contribution >= 4 is 0 Å². The van der Waals surface area contributed by atoms with Crippen molar-refractivity contribution in [3.8, 4) is 0 Å². The molecule has 0 bridgehead atoms. The van der Waals surface area contributed by atoms with Gasteiger partial charge in [-0.1, -0.05) is 45.8 Å². The summed E-state index contributed by atoms with van der Waals surface area (Å²) in [5.41, 5.74) is 1.65. The maximum atomic E-state index is 2.42. The van der Waals surface area contributed by atoms with Gasteiger partial charge in [0.1, 0.15) is 0 Å². The lowest BCUT2D eigenvalue weighted by atomic mass is 9.95. The first-order chi connectivity index (χ1) is 5.26. The van der Waals surface area contributed by atoms with Crippen LogP contribution in [-0.4, -0.2) is 0 Å². The molecule has 0 aliphatic heterocycles. The molecule has 0 radical (unpaired) electrons. The number of rotatable bonds is 5. The van der Waals surface area contributed by atoms with E-state index in [0.717, 1.165) is 5.92 Å². The molecule has 0 aromatic heterocycles. The summed E-state index contributed by atoms with van der Waals surface area (Å²) in [7, 11) is 0. The summed E-state index contributed by atoms with van der Waals surface area (Å²) in [4.78, 5) is 0. The Bertz CT molecular complexity index is 111. The minimum atomic E-state index is 0.798. The summed E-state index contributed by atoms with van der Waals surface area (Å²) in [5, 5.41) is 0. The first kappa shape index (κ1) is 10.7. The average Bonchev–Trinajstić information content (AvgIpc) is 2.05. The van der Waals surface area contributed by atoms with E-state index < -0.39 is 0 Å². The summed E-state index contributed by atoms with van der Waals surface area (Å²) in [6.07, 6.45) is 7.47. The zero-order valence-corrected chi connectivity index (χ0v) is 8.48. The van der Waals surface area contributed by atoms with Gasteiger partial charge in [-0.05, 0) is 25.2 Å². The molecule has 1 atom stereocenters. The second-order valence-electron chi connectivity index (χ2n) is 3.23. The summed E-state index contributed by atoms with van der Waals surface area (Å²) >= 11 is 0. The summed E-state index contributed by atoms with van der Waals surface area (Å²) < 4.78 is 0. The molecule has 11 heavy (non-hydrogen) atoms. The SMILES string of the molecule is CCCC=C(CC)C(C)CC. The maximum Gasteiger partial charge on any atom is -0.0234 e. The van der Waals surface area contributed by atoms with Crippen LogP contribution in [0.4, 0.5) is 0 Å². The third-order valence-corrected chi connectivity index (χ3v) is 2.35. The highest BCUT2D eigenvalue weighted by molar-refractivity contribution is 5.04. The molecule has 0 aromatic carbocycles. The highest BCUT2D eigenvalue weighted by Gasteiger charge is 2.02. The van der Waals surface area contributed by atoms with E-state index in [1.54, 1.807) is 5.57 Å². The summed E-state index contributed by atoms with van der Waals surface area (Å²) in [6, 6.07) is 0. The molecule has 0 aromatic rings. The third-order valence-electron chi connectivity index (χ3n) is 2.35. The average molecular weight is 154 g/mol. The summed E-state index contributed by atoms with van der Waals surface area (Å²) in [5.74, 6) is 0.798. The molecule has 0 aliphatic carbocycles. The highest BCUT2D eigenvalue weighted by atomic mass is 14.1. The number of unbranched alkanes of at least 4 members (excludes halogenated alkanes) is 1. The molecule has 0 aliphatic rings. The number of hydrogen-bond acceptors (Lipinski definition) is 0. The fourth-order valence-electron chi connectivity index (χ4n) is 1.29. The predicted molar refractivity (Wildman–Crippen MR) is 52.7 cm³/mol. The topological polar surface area (TPSA) is 0 Å². The van der Waals surface area contributed by atoms with E-state index in [9.17, 15) is 0 Å². The van der Waals surface area contributed by atoms with Crippen molar-refractivity contribution in [3.05, 3.63) is 11.6 Å². The van der Waals surface area contributed by atoms with Crippen LogP contribution in [0.5, 0.6) is 0 Å². The largest absolute Gasteiger partial charge is 0.0851 e. The van der Waals surface area contributed by atoms with E-state index in [0.29, 0.717) is 0 Å². The van der Waals surface area contributed by atoms with Gasteiger partial charge in [0.2, 0.25) is 0 Å². The van der Waals surface area contributed by atoms with Crippen LogP contribution in [0.2, 0.25) is 0 Å². The van der Waals surface area contributed by atoms with Gasteiger partial charge in [-0.15, -0.1) is 0 Å². The van der Waals surface area contributed by atoms with Crippen LogP contribution in [0.25, 0.3) is 0 Å². The Morgan fingerprint density at radius 3 is 2.27 bits per heavy atom. The molecule has 0 amide bonds. The second-order valence-corrected chi connectivity index (χ2v) is 3.23.